The van der Waals surface area contributed by atoms with E-state index < -0.39 is 5.41 Å². The molecule has 1 fully saturated rings. The molecule has 4 N–H and O–H groups in total. The quantitative estimate of drug-likeness (QED) is 0.693. The molecule has 1 saturated carbocycles. The van der Waals surface area contributed by atoms with Crippen molar-refractivity contribution in [2.24, 2.45) is 23.0 Å². The van der Waals surface area contributed by atoms with Crippen molar-refractivity contribution in [3.8, 4) is 0 Å². The van der Waals surface area contributed by atoms with Crippen molar-refractivity contribution in [2.75, 3.05) is 13.2 Å². The van der Waals surface area contributed by atoms with Gasteiger partial charge in [0.2, 0.25) is 5.91 Å². The smallest absolute Gasteiger partial charge is 0.227 e. The normalized spacial score (nSPS) is 30.2. The molecule has 0 aliphatic heterocycles. The second-order valence-electron chi connectivity index (χ2n) is 6.17. The van der Waals surface area contributed by atoms with E-state index in [1.807, 2.05) is 13.8 Å². The van der Waals surface area contributed by atoms with Gasteiger partial charge in [0.1, 0.15) is 0 Å². The lowest BCUT2D eigenvalue weighted by atomic mass is 9.70. The van der Waals surface area contributed by atoms with Gasteiger partial charge in [0.15, 0.2) is 0 Å². The molecule has 18 heavy (non-hydrogen) atoms. The minimum Gasteiger partial charge on any atom is -0.394 e. The molecule has 1 aliphatic carbocycles. The zero-order valence-electron chi connectivity index (χ0n) is 11.9. The Balaban J connectivity index is 2.67. The van der Waals surface area contributed by atoms with E-state index in [1.165, 1.54) is 0 Å². The third-order valence-corrected chi connectivity index (χ3v) is 4.42. The van der Waals surface area contributed by atoms with Gasteiger partial charge in [-0.25, -0.2) is 0 Å². The third-order valence-electron chi connectivity index (χ3n) is 4.42. The molecule has 4 heteroatoms. The first-order valence-corrected chi connectivity index (χ1v) is 7.07. The number of carbonyl (C=O) groups is 1. The van der Waals surface area contributed by atoms with Crippen molar-refractivity contribution in [3.05, 3.63) is 0 Å². The van der Waals surface area contributed by atoms with Gasteiger partial charge in [-0.1, -0.05) is 20.8 Å². The van der Waals surface area contributed by atoms with Gasteiger partial charge in [-0.15, -0.1) is 0 Å². The Hall–Kier alpha value is -0.610. The van der Waals surface area contributed by atoms with Crippen LogP contribution >= 0.6 is 0 Å². The summed E-state index contributed by atoms with van der Waals surface area (Å²) in [6, 6.07) is -0.166. The molecule has 106 valence electrons. The fourth-order valence-corrected chi connectivity index (χ4v) is 2.58. The van der Waals surface area contributed by atoms with Gasteiger partial charge in [-0.2, -0.15) is 0 Å². The number of rotatable bonds is 5. The summed E-state index contributed by atoms with van der Waals surface area (Å²) in [6.07, 6.45) is 3.87. The van der Waals surface area contributed by atoms with Crippen LogP contribution < -0.4 is 11.1 Å². The van der Waals surface area contributed by atoms with Crippen LogP contribution in [0.4, 0.5) is 0 Å². The van der Waals surface area contributed by atoms with Crippen LogP contribution in [0.15, 0.2) is 0 Å². The highest BCUT2D eigenvalue weighted by atomic mass is 16.3. The molecule has 1 aliphatic rings. The Bertz CT molecular complexity index is 271. The van der Waals surface area contributed by atoms with Gasteiger partial charge >= 0.3 is 0 Å². The lowest BCUT2D eigenvalue weighted by molar-refractivity contribution is -0.134. The monoisotopic (exact) mass is 256 g/mol. The third kappa shape index (κ3) is 3.45. The summed E-state index contributed by atoms with van der Waals surface area (Å²) in [5.41, 5.74) is 5.45. The SMILES string of the molecule is CC1CCC(CN)(C(=O)N[C@H](CO)C(C)C)CC1. The molecule has 0 radical (unpaired) electrons. The second-order valence-corrected chi connectivity index (χ2v) is 6.17. The fraction of sp³-hybridized carbons (Fsp3) is 0.929. The van der Waals surface area contributed by atoms with Crippen molar-refractivity contribution >= 4 is 5.91 Å². The van der Waals surface area contributed by atoms with Crippen molar-refractivity contribution in [1.82, 2.24) is 5.32 Å². The van der Waals surface area contributed by atoms with E-state index in [1.54, 1.807) is 0 Å². The first-order chi connectivity index (χ1) is 8.45. The van der Waals surface area contributed by atoms with Crippen LogP contribution in [0.2, 0.25) is 0 Å². The van der Waals surface area contributed by atoms with Crippen LogP contribution in [-0.2, 0) is 4.79 Å². The Morgan fingerprint density at radius 2 is 2.00 bits per heavy atom. The number of aliphatic hydroxyl groups excluding tert-OH is 1. The lowest BCUT2D eigenvalue weighted by Gasteiger charge is -2.38. The summed E-state index contributed by atoms with van der Waals surface area (Å²) >= 11 is 0. The van der Waals surface area contributed by atoms with E-state index in [9.17, 15) is 9.90 Å². The van der Waals surface area contributed by atoms with Crippen LogP contribution in [0.3, 0.4) is 0 Å². The fourth-order valence-electron chi connectivity index (χ4n) is 2.58. The Labute approximate surface area is 110 Å². The topological polar surface area (TPSA) is 75.4 Å². The van der Waals surface area contributed by atoms with Gasteiger partial charge in [-0.05, 0) is 37.5 Å². The lowest BCUT2D eigenvalue weighted by Crippen LogP contribution is -2.52. The van der Waals surface area contributed by atoms with E-state index in [2.05, 4.69) is 12.2 Å². The zero-order chi connectivity index (χ0) is 13.8. The highest BCUT2D eigenvalue weighted by molar-refractivity contribution is 5.83. The van der Waals surface area contributed by atoms with Crippen LogP contribution in [0.1, 0.15) is 46.5 Å². The molecule has 4 nitrogen and oxygen atoms in total. The first-order valence-electron chi connectivity index (χ1n) is 7.07. The van der Waals surface area contributed by atoms with E-state index in [0.717, 1.165) is 25.7 Å². The molecule has 0 heterocycles. The molecular weight excluding hydrogens is 228 g/mol. The first kappa shape index (κ1) is 15.4. The molecule has 0 bridgehead atoms. The number of hydrogen-bond donors (Lipinski definition) is 3. The van der Waals surface area contributed by atoms with E-state index in [-0.39, 0.29) is 24.5 Å². The van der Waals surface area contributed by atoms with Crippen LogP contribution in [0, 0.1) is 17.3 Å². The molecule has 0 spiro atoms. The van der Waals surface area contributed by atoms with Gasteiger partial charge < -0.3 is 16.2 Å². The molecule has 1 atom stereocenters. The Kier molecular flexibility index (Phi) is 5.60. The highest BCUT2D eigenvalue weighted by Crippen LogP contribution is 2.38. The van der Waals surface area contributed by atoms with Gasteiger partial charge in [0, 0.05) is 6.54 Å². The standard InChI is InChI=1S/C14H28N2O2/c1-10(2)12(8-17)16-13(18)14(9-15)6-4-11(3)5-7-14/h10-12,17H,4-9,15H2,1-3H3,(H,16,18)/t11?,12-,14?/m1/s1. The molecule has 1 amide bonds. The maximum absolute atomic E-state index is 12.4. The minimum absolute atomic E-state index is 0.0134. The summed E-state index contributed by atoms with van der Waals surface area (Å²) in [6.45, 7) is 6.61. The second kappa shape index (κ2) is 6.53. The minimum atomic E-state index is -0.408. The molecule has 0 aromatic rings. The van der Waals surface area contributed by atoms with Crippen LogP contribution in [0.25, 0.3) is 0 Å². The summed E-state index contributed by atoms with van der Waals surface area (Å²) in [5, 5.41) is 12.3. The summed E-state index contributed by atoms with van der Waals surface area (Å²) in [5.74, 6) is 0.956. The zero-order valence-corrected chi connectivity index (χ0v) is 11.9. The maximum atomic E-state index is 12.4. The Morgan fingerprint density at radius 3 is 2.39 bits per heavy atom. The predicted molar refractivity (Wildman–Crippen MR) is 73.0 cm³/mol. The highest BCUT2D eigenvalue weighted by Gasteiger charge is 2.40. The van der Waals surface area contributed by atoms with E-state index in [0.29, 0.717) is 12.5 Å². The maximum Gasteiger partial charge on any atom is 0.227 e. The number of hydrogen-bond acceptors (Lipinski definition) is 3. The van der Waals surface area contributed by atoms with Crippen molar-refractivity contribution in [3.63, 3.8) is 0 Å². The Morgan fingerprint density at radius 1 is 1.44 bits per heavy atom. The van der Waals surface area contributed by atoms with Gasteiger partial charge in [0.25, 0.3) is 0 Å². The van der Waals surface area contributed by atoms with Crippen LogP contribution in [-0.4, -0.2) is 30.2 Å². The molecule has 0 unspecified atom stereocenters. The average Bonchev–Trinajstić information content (AvgIpc) is 2.36. The number of amides is 1. The number of aliphatic hydroxyl groups is 1. The number of nitrogens with one attached hydrogen (secondary N) is 1. The van der Waals surface area contributed by atoms with Crippen LogP contribution in [0.5, 0.6) is 0 Å². The molecular formula is C14H28N2O2. The largest absolute Gasteiger partial charge is 0.394 e. The molecule has 0 saturated heterocycles. The predicted octanol–water partition coefficient (Wildman–Crippen LogP) is 1.27. The van der Waals surface area contributed by atoms with E-state index >= 15 is 0 Å². The summed E-state index contributed by atoms with van der Waals surface area (Å²) in [7, 11) is 0. The van der Waals surface area contributed by atoms with Gasteiger partial charge in [-0.3, -0.25) is 4.79 Å². The number of carbonyl (C=O) groups excluding carboxylic acids is 1. The van der Waals surface area contributed by atoms with Crippen molar-refractivity contribution in [2.45, 2.75) is 52.5 Å². The van der Waals surface area contributed by atoms with E-state index in [4.69, 9.17) is 5.73 Å². The van der Waals surface area contributed by atoms with Gasteiger partial charge in [0.05, 0.1) is 18.1 Å². The summed E-state index contributed by atoms with van der Waals surface area (Å²) < 4.78 is 0. The molecule has 0 aromatic carbocycles. The number of nitrogens with two attached hydrogens (primary N) is 1. The van der Waals surface area contributed by atoms with Crippen molar-refractivity contribution in [1.29, 1.82) is 0 Å². The molecule has 1 rings (SSSR count). The summed E-state index contributed by atoms with van der Waals surface area (Å²) in [4.78, 5) is 12.4. The molecule has 0 aromatic heterocycles. The van der Waals surface area contributed by atoms with Crippen molar-refractivity contribution < 1.29 is 9.90 Å². The average molecular weight is 256 g/mol.